The Morgan fingerprint density at radius 2 is 1.30 bits per heavy atom. The van der Waals surface area contributed by atoms with Crippen LogP contribution in [-0.2, 0) is 6.54 Å². The Labute approximate surface area is 193 Å². The number of hydrogen-bond donors (Lipinski definition) is 1. The molecule has 0 aliphatic rings. The maximum Gasteiger partial charge on any atom is 0.0494 e. The van der Waals surface area contributed by atoms with Gasteiger partial charge in [-0.25, -0.2) is 0 Å². The fraction of sp³-hybridized carbons (Fsp3) is 0.0968. The number of aromatic amines is 1. The van der Waals surface area contributed by atoms with Gasteiger partial charge in [-0.15, -0.1) is 0 Å². The van der Waals surface area contributed by atoms with E-state index in [2.05, 4.69) is 126 Å². The minimum absolute atomic E-state index is 0.860. The second-order valence-electron chi connectivity index (χ2n) is 8.56. The summed E-state index contributed by atoms with van der Waals surface area (Å²) in [5, 5.41) is 5.16. The van der Waals surface area contributed by atoms with E-state index in [-0.39, 0.29) is 0 Å². The number of fused-ring (bicyclic) bond motifs is 6. The van der Waals surface area contributed by atoms with Crippen molar-refractivity contribution < 1.29 is 0 Å². The van der Waals surface area contributed by atoms with E-state index in [1.54, 1.807) is 0 Å². The summed E-state index contributed by atoms with van der Waals surface area (Å²) in [7, 11) is 0. The predicted octanol–water partition coefficient (Wildman–Crippen LogP) is 8.62. The number of rotatable bonds is 5. The molecule has 0 bridgehead atoms. The highest BCUT2D eigenvalue weighted by Crippen LogP contribution is 2.35. The van der Waals surface area contributed by atoms with Crippen molar-refractivity contribution in [1.82, 2.24) is 9.55 Å². The van der Waals surface area contributed by atoms with Gasteiger partial charge in [0.2, 0.25) is 0 Å². The SMILES string of the molecule is CC/C=C\C=C/Cn1c2ccccc2c2cc(-c3ccc4[nH]c5ccccc5c4c3)ccc21. The van der Waals surface area contributed by atoms with Crippen LogP contribution in [0.15, 0.2) is 109 Å². The van der Waals surface area contributed by atoms with Crippen molar-refractivity contribution in [2.24, 2.45) is 0 Å². The maximum atomic E-state index is 3.53. The second-order valence-corrected chi connectivity index (χ2v) is 8.56. The van der Waals surface area contributed by atoms with Gasteiger partial charge >= 0.3 is 0 Å². The van der Waals surface area contributed by atoms with E-state index >= 15 is 0 Å². The summed E-state index contributed by atoms with van der Waals surface area (Å²) >= 11 is 0. The molecule has 1 N–H and O–H groups in total. The van der Waals surface area contributed by atoms with Gasteiger partial charge in [0, 0.05) is 50.2 Å². The van der Waals surface area contributed by atoms with Gasteiger partial charge < -0.3 is 9.55 Å². The molecular formula is C31H26N2. The largest absolute Gasteiger partial charge is 0.355 e. The number of allylic oxidation sites excluding steroid dienone is 4. The molecule has 2 heterocycles. The molecular weight excluding hydrogens is 400 g/mol. The average molecular weight is 427 g/mol. The predicted molar refractivity (Wildman–Crippen MR) is 143 cm³/mol. The van der Waals surface area contributed by atoms with Crippen LogP contribution in [0.1, 0.15) is 13.3 Å². The fourth-order valence-corrected chi connectivity index (χ4v) is 4.92. The van der Waals surface area contributed by atoms with Gasteiger partial charge in [-0.2, -0.15) is 0 Å². The smallest absolute Gasteiger partial charge is 0.0494 e. The van der Waals surface area contributed by atoms with Gasteiger partial charge in [-0.1, -0.05) is 79.8 Å². The van der Waals surface area contributed by atoms with E-state index in [1.807, 2.05) is 0 Å². The third-order valence-corrected chi connectivity index (χ3v) is 6.52. The highest BCUT2D eigenvalue weighted by molar-refractivity contribution is 6.11. The van der Waals surface area contributed by atoms with Crippen LogP contribution in [0.25, 0.3) is 54.7 Å². The van der Waals surface area contributed by atoms with E-state index in [4.69, 9.17) is 0 Å². The normalized spacial score (nSPS) is 12.4. The standard InChI is InChI=1S/C31H26N2/c1-2-3-4-5-10-19-33-30-14-9-7-12-25(30)27-21-23(16-18-31(27)33)22-15-17-29-26(20-22)24-11-6-8-13-28(24)32-29/h3-18,20-21,32H,2,19H2,1H3/b4-3-,10-5-. The molecule has 0 aliphatic carbocycles. The molecule has 4 aromatic carbocycles. The molecule has 0 atom stereocenters. The molecule has 0 spiro atoms. The zero-order valence-corrected chi connectivity index (χ0v) is 18.8. The molecule has 6 rings (SSSR count). The van der Waals surface area contributed by atoms with Crippen molar-refractivity contribution in [1.29, 1.82) is 0 Å². The Hall–Kier alpha value is -4.04. The Morgan fingerprint density at radius 3 is 2.18 bits per heavy atom. The Morgan fingerprint density at radius 1 is 0.636 bits per heavy atom. The second kappa shape index (κ2) is 8.14. The molecule has 0 aliphatic heterocycles. The molecule has 2 aromatic heterocycles. The van der Waals surface area contributed by atoms with Crippen LogP contribution in [0.3, 0.4) is 0 Å². The summed E-state index contributed by atoms with van der Waals surface area (Å²) in [6.07, 6.45) is 9.75. The summed E-state index contributed by atoms with van der Waals surface area (Å²) in [6, 6.07) is 30.9. The quantitative estimate of drug-likeness (QED) is 0.266. The molecule has 0 saturated carbocycles. The lowest BCUT2D eigenvalue weighted by Crippen LogP contribution is -1.94. The first-order valence-electron chi connectivity index (χ1n) is 11.7. The van der Waals surface area contributed by atoms with Gasteiger partial charge in [0.05, 0.1) is 0 Å². The fourth-order valence-electron chi connectivity index (χ4n) is 4.92. The highest BCUT2D eigenvalue weighted by Gasteiger charge is 2.12. The van der Waals surface area contributed by atoms with Crippen LogP contribution in [-0.4, -0.2) is 9.55 Å². The lowest BCUT2D eigenvalue weighted by molar-refractivity contribution is 0.899. The molecule has 0 radical (unpaired) electrons. The third-order valence-electron chi connectivity index (χ3n) is 6.52. The molecule has 0 saturated heterocycles. The van der Waals surface area contributed by atoms with Crippen molar-refractivity contribution in [2.45, 2.75) is 19.9 Å². The van der Waals surface area contributed by atoms with Crippen LogP contribution < -0.4 is 0 Å². The summed E-state index contributed by atoms with van der Waals surface area (Å²) in [4.78, 5) is 3.53. The van der Waals surface area contributed by atoms with Gasteiger partial charge in [0.1, 0.15) is 0 Å². The molecule has 6 aromatic rings. The van der Waals surface area contributed by atoms with Crippen LogP contribution >= 0.6 is 0 Å². The number of H-pyrrole nitrogens is 1. The number of aromatic nitrogens is 2. The van der Waals surface area contributed by atoms with E-state index in [1.165, 1.54) is 54.7 Å². The van der Waals surface area contributed by atoms with Gasteiger partial charge in [0.15, 0.2) is 0 Å². The van der Waals surface area contributed by atoms with Crippen LogP contribution in [0.5, 0.6) is 0 Å². The van der Waals surface area contributed by atoms with E-state index in [9.17, 15) is 0 Å². The first-order valence-corrected chi connectivity index (χ1v) is 11.7. The summed E-state index contributed by atoms with van der Waals surface area (Å²) < 4.78 is 2.41. The van der Waals surface area contributed by atoms with Crippen molar-refractivity contribution >= 4 is 43.6 Å². The number of para-hydroxylation sites is 2. The number of nitrogens with one attached hydrogen (secondary N) is 1. The van der Waals surface area contributed by atoms with Crippen LogP contribution in [0.2, 0.25) is 0 Å². The van der Waals surface area contributed by atoms with Gasteiger partial charge in [0.25, 0.3) is 0 Å². The van der Waals surface area contributed by atoms with E-state index in [0.29, 0.717) is 0 Å². The molecule has 33 heavy (non-hydrogen) atoms. The molecule has 0 amide bonds. The van der Waals surface area contributed by atoms with Gasteiger partial charge in [-0.05, 0) is 53.9 Å². The molecule has 2 heteroatoms. The minimum Gasteiger partial charge on any atom is -0.355 e. The Bertz CT molecular complexity index is 1670. The van der Waals surface area contributed by atoms with E-state index < -0.39 is 0 Å². The van der Waals surface area contributed by atoms with Gasteiger partial charge in [-0.3, -0.25) is 0 Å². The zero-order chi connectivity index (χ0) is 22.2. The van der Waals surface area contributed by atoms with Crippen molar-refractivity contribution in [3.05, 3.63) is 109 Å². The minimum atomic E-state index is 0.860. The number of benzene rings is 4. The monoisotopic (exact) mass is 426 g/mol. The average Bonchev–Trinajstić information content (AvgIpc) is 3.39. The third kappa shape index (κ3) is 3.35. The summed E-state index contributed by atoms with van der Waals surface area (Å²) in [5.41, 5.74) is 7.42. The molecule has 0 unspecified atom stereocenters. The van der Waals surface area contributed by atoms with Crippen LogP contribution in [0, 0.1) is 0 Å². The molecule has 2 nitrogen and oxygen atoms in total. The number of hydrogen-bond acceptors (Lipinski definition) is 0. The first kappa shape index (κ1) is 19.6. The maximum absolute atomic E-state index is 3.53. The van der Waals surface area contributed by atoms with Crippen molar-refractivity contribution in [2.75, 3.05) is 0 Å². The van der Waals surface area contributed by atoms with Crippen molar-refractivity contribution in [3.63, 3.8) is 0 Å². The molecule has 160 valence electrons. The lowest BCUT2D eigenvalue weighted by atomic mass is 10.0. The molecule has 0 fully saturated rings. The van der Waals surface area contributed by atoms with Crippen LogP contribution in [0.4, 0.5) is 0 Å². The Balaban J connectivity index is 1.48. The Kier molecular flexibility index (Phi) is 4.84. The summed E-state index contributed by atoms with van der Waals surface area (Å²) in [6.45, 7) is 3.02. The van der Waals surface area contributed by atoms with Crippen molar-refractivity contribution in [3.8, 4) is 11.1 Å². The number of nitrogens with zero attached hydrogens (tertiary/aromatic N) is 1. The lowest BCUT2D eigenvalue weighted by Gasteiger charge is -2.06. The first-order chi connectivity index (χ1) is 16.3. The van der Waals surface area contributed by atoms with E-state index in [0.717, 1.165) is 13.0 Å². The zero-order valence-electron chi connectivity index (χ0n) is 18.8. The summed E-state index contributed by atoms with van der Waals surface area (Å²) in [5.74, 6) is 0. The highest BCUT2D eigenvalue weighted by atomic mass is 15.0. The topological polar surface area (TPSA) is 20.7 Å².